The number of aromatic nitrogens is 1. The first kappa shape index (κ1) is 21.0. The third kappa shape index (κ3) is 3.78. The zero-order valence-electron chi connectivity index (χ0n) is 17.0. The molecule has 1 unspecified atom stereocenters. The summed E-state index contributed by atoms with van der Waals surface area (Å²) in [5.74, 6) is -0.960. The summed E-state index contributed by atoms with van der Waals surface area (Å²) in [7, 11) is 0. The van der Waals surface area contributed by atoms with E-state index in [1.54, 1.807) is 38.1 Å². The Balaban J connectivity index is 2.01. The van der Waals surface area contributed by atoms with Crippen LogP contribution in [0, 0.1) is 12.7 Å². The number of nitrogens with zero attached hydrogens (tertiary/aromatic N) is 1. The van der Waals surface area contributed by atoms with Crippen LogP contribution < -0.4 is 5.56 Å². The number of ether oxygens (including phenoxy) is 1. The van der Waals surface area contributed by atoms with Crippen molar-refractivity contribution in [2.24, 2.45) is 0 Å². The second-order valence-corrected chi connectivity index (χ2v) is 8.04. The van der Waals surface area contributed by atoms with Gasteiger partial charge in [0.05, 0.1) is 12.3 Å². The van der Waals surface area contributed by atoms with Crippen LogP contribution >= 0.6 is 11.3 Å². The van der Waals surface area contributed by atoms with E-state index in [0.717, 1.165) is 11.3 Å². The molecule has 2 aromatic carbocycles. The third-order valence-corrected chi connectivity index (χ3v) is 6.21. The average molecular weight is 437 g/mol. The Morgan fingerprint density at radius 3 is 2.58 bits per heavy atom. The lowest BCUT2D eigenvalue weighted by Gasteiger charge is -2.14. The van der Waals surface area contributed by atoms with Gasteiger partial charge in [-0.3, -0.25) is 9.36 Å². The Hall–Kier alpha value is -3.29. The average Bonchev–Trinajstić information content (AvgIpc) is 3.15. The number of esters is 1. The highest BCUT2D eigenvalue weighted by Gasteiger charge is 2.28. The maximum absolute atomic E-state index is 13.8. The summed E-state index contributed by atoms with van der Waals surface area (Å²) in [6, 6.07) is 16.4. The number of benzene rings is 2. The van der Waals surface area contributed by atoms with Crippen molar-refractivity contribution in [1.82, 2.24) is 4.57 Å². The van der Waals surface area contributed by atoms with Gasteiger partial charge in [0.2, 0.25) is 0 Å². The number of para-hydroxylation sites is 1. The summed E-state index contributed by atoms with van der Waals surface area (Å²) in [6.07, 6.45) is -1.20. The number of aliphatic hydroxyl groups is 1. The molecule has 2 heterocycles. The fourth-order valence-corrected chi connectivity index (χ4v) is 4.79. The molecule has 0 aliphatic heterocycles. The van der Waals surface area contributed by atoms with E-state index in [4.69, 9.17) is 4.74 Å². The van der Waals surface area contributed by atoms with Gasteiger partial charge in [-0.05, 0) is 49.2 Å². The van der Waals surface area contributed by atoms with Crippen molar-refractivity contribution in [2.45, 2.75) is 20.0 Å². The van der Waals surface area contributed by atoms with Gasteiger partial charge in [-0.25, -0.2) is 9.18 Å². The number of aliphatic hydroxyl groups excluding tert-OH is 1. The van der Waals surface area contributed by atoms with Gasteiger partial charge in [-0.15, -0.1) is 11.3 Å². The summed E-state index contributed by atoms with van der Waals surface area (Å²) in [4.78, 5) is 26.2. The number of aryl methyl sites for hydroxylation is 1. The molecule has 0 aliphatic rings. The summed E-state index contributed by atoms with van der Waals surface area (Å²) >= 11 is 1.09. The SMILES string of the molecule is CCOC(=O)c1sc2c(ccc(=O)n2-c2ccccc2)c1C(O)c1ccc(F)c(C)c1. The van der Waals surface area contributed by atoms with Crippen LogP contribution in [0.25, 0.3) is 15.9 Å². The third-order valence-electron chi connectivity index (χ3n) is 5.03. The largest absolute Gasteiger partial charge is 0.462 e. The molecule has 1 N–H and O–H groups in total. The first-order chi connectivity index (χ1) is 14.9. The first-order valence-electron chi connectivity index (χ1n) is 9.77. The Labute approximate surface area is 182 Å². The van der Waals surface area contributed by atoms with Crippen molar-refractivity contribution >= 4 is 27.5 Å². The van der Waals surface area contributed by atoms with Gasteiger partial charge in [0.25, 0.3) is 5.56 Å². The Bertz CT molecular complexity index is 1330. The van der Waals surface area contributed by atoms with E-state index >= 15 is 0 Å². The van der Waals surface area contributed by atoms with Crippen molar-refractivity contribution < 1.29 is 19.0 Å². The van der Waals surface area contributed by atoms with E-state index in [0.29, 0.717) is 32.6 Å². The number of fused-ring (bicyclic) bond motifs is 1. The molecule has 4 aromatic rings. The van der Waals surface area contributed by atoms with Crippen LogP contribution in [0.4, 0.5) is 4.39 Å². The maximum atomic E-state index is 13.8. The molecule has 0 spiro atoms. The minimum Gasteiger partial charge on any atom is -0.462 e. The molecule has 4 rings (SSSR count). The van der Waals surface area contributed by atoms with E-state index < -0.39 is 12.1 Å². The minimum atomic E-state index is -1.20. The van der Waals surface area contributed by atoms with E-state index in [-0.39, 0.29) is 22.9 Å². The molecule has 0 fully saturated rings. The Morgan fingerprint density at radius 1 is 1.16 bits per heavy atom. The monoisotopic (exact) mass is 437 g/mol. The van der Waals surface area contributed by atoms with Gasteiger partial charge in [0.1, 0.15) is 21.6 Å². The normalized spacial score (nSPS) is 12.1. The molecule has 0 saturated carbocycles. The maximum Gasteiger partial charge on any atom is 0.348 e. The van der Waals surface area contributed by atoms with Gasteiger partial charge in [0, 0.05) is 17.0 Å². The van der Waals surface area contributed by atoms with Crippen molar-refractivity contribution in [3.63, 3.8) is 0 Å². The summed E-state index contributed by atoms with van der Waals surface area (Å²) in [6.45, 7) is 3.48. The second kappa shape index (κ2) is 8.45. The van der Waals surface area contributed by atoms with E-state index in [9.17, 15) is 19.1 Å². The van der Waals surface area contributed by atoms with Crippen molar-refractivity contribution in [3.8, 4) is 5.69 Å². The van der Waals surface area contributed by atoms with Crippen LogP contribution in [0.3, 0.4) is 0 Å². The van der Waals surface area contributed by atoms with Crippen LogP contribution in [-0.4, -0.2) is 22.2 Å². The molecule has 5 nitrogen and oxygen atoms in total. The first-order valence-corrected chi connectivity index (χ1v) is 10.6. The van der Waals surface area contributed by atoms with Crippen LogP contribution in [-0.2, 0) is 4.74 Å². The van der Waals surface area contributed by atoms with Gasteiger partial charge < -0.3 is 9.84 Å². The highest BCUT2D eigenvalue weighted by atomic mass is 32.1. The quantitative estimate of drug-likeness (QED) is 0.457. The minimum absolute atomic E-state index is 0.170. The molecule has 1 atom stereocenters. The van der Waals surface area contributed by atoms with E-state index in [1.807, 2.05) is 18.2 Å². The summed E-state index contributed by atoms with van der Waals surface area (Å²) < 4.78 is 20.5. The number of thiophene rings is 1. The molecule has 0 amide bonds. The van der Waals surface area contributed by atoms with Crippen LogP contribution in [0.15, 0.2) is 65.5 Å². The number of halogens is 1. The number of carbonyl (C=O) groups is 1. The number of rotatable bonds is 5. The van der Waals surface area contributed by atoms with E-state index in [2.05, 4.69) is 0 Å². The predicted octanol–water partition coefficient (Wildman–Crippen LogP) is 4.76. The fraction of sp³-hybridized carbons (Fsp3) is 0.167. The van der Waals surface area contributed by atoms with Gasteiger partial charge >= 0.3 is 5.97 Å². The van der Waals surface area contributed by atoms with Gasteiger partial charge in [-0.2, -0.15) is 0 Å². The smallest absolute Gasteiger partial charge is 0.348 e. The summed E-state index contributed by atoms with van der Waals surface area (Å²) in [5.41, 5.74) is 1.56. The fourth-order valence-electron chi connectivity index (χ4n) is 3.55. The van der Waals surface area contributed by atoms with Gasteiger partial charge in [-0.1, -0.05) is 30.3 Å². The number of hydrogen-bond donors (Lipinski definition) is 1. The standard InChI is InChI=1S/C24H20FNO4S/c1-3-30-24(29)22-20(21(28)15-9-11-18(25)14(2)13-15)17-10-12-19(27)26(23(17)31-22)16-7-5-4-6-8-16/h4-13,21,28H,3H2,1-2H3. The van der Waals surface area contributed by atoms with Crippen molar-refractivity contribution in [3.05, 3.63) is 98.4 Å². The highest BCUT2D eigenvalue weighted by molar-refractivity contribution is 7.20. The van der Waals surface area contributed by atoms with E-state index in [1.165, 1.54) is 22.8 Å². The topological polar surface area (TPSA) is 68.5 Å². The lowest BCUT2D eigenvalue weighted by Crippen LogP contribution is -2.16. The molecule has 0 aliphatic carbocycles. The van der Waals surface area contributed by atoms with Gasteiger partial charge in [0.15, 0.2) is 0 Å². The highest BCUT2D eigenvalue weighted by Crippen LogP contribution is 2.39. The number of carbonyl (C=O) groups excluding carboxylic acids is 1. The molecule has 7 heteroatoms. The molecular formula is C24H20FNO4S. The molecule has 158 valence electrons. The zero-order valence-corrected chi connectivity index (χ0v) is 17.8. The lowest BCUT2D eigenvalue weighted by atomic mass is 9.97. The second-order valence-electron chi connectivity index (χ2n) is 7.04. The summed E-state index contributed by atoms with van der Waals surface area (Å²) in [5, 5.41) is 11.8. The predicted molar refractivity (Wildman–Crippen MR) is 119 cm³/mol. The molecule has 31 heavy (non-hydrogen) atoms. The van der Waals surface area contributed by atoms with Crippen LogP contribution in [0.2, 0.25) is 0 Å². The van der Waals surface area contributed by atoms with Crippen molar-refractivity contribution in [1.29, 1.82) is 0 Å². The Kier molecular flexibility index (Phi) is 5.71. The number of hydrogen-bond acceptors (Lipinski definition) is 5. The molecule has 0 radical (unpaired) electrons. The van der Waals surface area contributed by atoms with Crippen LogP contribution in [0.1, 0.15) is 39.4 Å². The molecular weight excluding hydrogens is 417 g/mol. The molecule has 0 bridgehead atoms. The Morgan fingerprint density at radius 2 is 1.90 bits per heavy atom. The zero-order chi connectivity index (χ0) is 22.1. The molecule has 0 saturated heterocycles. The number of pyridine rings is 1. The lowest BCUT2D eigenvalue weighted by molar-refractivity contribution is 0.0527. The molecule has 2 aromatic heterocycles. The van der Waals surface area contributed by atoms with Crippen molar-refractivity contribution in [2.75, 3.05) is 6.61 Å². The van der Waals surface area contributed by atoms with Crippen LogP contribution in [0.5, 0.6) is 0 Å².